The molecule has 1 aliphatic rings. The molecule has 1 aliphatic carbocycles. The minimum absolute atomic E-state index is 0.154. The number of pyridine rings is 1. The third-order valence-electron chi connectivity index (χ3n) is 3.63. The summed E-state index contributed by atoms with van der Waals surface area (Å²) in [5.41, 5.74) is 0.763. The summed E-state index contributed by atoms with van der Waals surface area (Å²) in [6.45, 7) is 1.37. The van der Waals surface area contributed by atoms with Crippen LogP contribution in [0, 0.1) is 5.92 Å². The monoisotopic (exact) mass is 279 g/mol. The Morgan fingerprint density at radius 2 is 2.15 bits per heavy atom. The van der Waals surface area contributed by atoms with Crippen molar-refractivity contribution in [2.45, 2.75) is 38.5 Å². The van der Waals surface area contributed by atoms with E-state index >= 15 is 0 Å². The van der Waals surface area contributed by atoms with Crippen LogP contribution in [0.4, 0.5) is 4.79 Å². The van der Waals surface area contributed by atoms with Gasteiger partial charge in [-0.2, -0.15) is 0 Å². The molecule has 1 fully saturated rings. The van der Waals surface area contributed by atoms with Crippen LogP contribution in [-0.2, 0) is 11.2 Å². The van der Waals surface area contributed by atoms with E-state index in [1.54, 1.807) is 6.07 Å². The molecule has 1 heterocycles. The minimum atomic E-state index is -1.34. The van der Waals surface area contributed by atoms with Crippen LogP contribution >= 0.6 is 0 Å². The topological polar surface area (TPSA) is 68.7 Å². The molecule has 1 aromatic rings. The van der Waals surface area contributed by atoms with Crippen molar-refractivity contribution in [3.05, 3.63) is 23.9 Å². The largest absolute Gasteiger partial charge is 0.512 e. The molecule has 0 aromatic carbocycles. The van der Waals surface area contributed by atoms with Gasteiger partial charge in [0.1, 0.15) is 0 Å². The first-order chi connectivity index (χ1) is 9.75. The maximum absolute atomic E-state index is 10.6. The summed E-state index contributed by atoms with van der Waals surface area (Å²) >= 11 is 0. The number of carbonyl (C=O) groups is 1. The molecular weight excluding hydrogens is 258 g/mol. The van der Waals surface area contributed by atoms with Gasteiger partial charge in [-0.15, -0.1) is 0 Å². The average Bonchev–Trinajstić information content (AvgIpc) is 2.46. The fourth-order valence-electron chi connectivity index (χ4n) is 2.57. The Kier molecular flexibility index (Phi) is 5.80. The lowest BCUT2D eigenvalue weighted by Crippen LogP contribution is -2.15. The molecule has 5 heteroatoms. The van der Waals surface area contributed by atoms with Crippen LogP contribution < -0.4 is 4.74 Å². The van der Waals surface area contributed by atoms with Gasteiger partial charge in [-0.3, -0.25) is 0 Å². The van der Waals surface area contributed by atoms with E-state index in [-0.39, 0.29) is 5.88 Å². The first-order valence-electron chi connectivity index (χ1n) is 7.18. The van der Waals surface area contributed by atoms with Crippen molar-refractivity contribution in [3.8, 4) is 5.88 Å². The lowest BCUT2D eigenvalue weighted by atomic mass is 9.90. The summed E-state index contributed by atoms with van der Waals surface area (Å²) in [5, 5.41) is 8.64. The van der Waals surface area contributed by atoms with E-state index in [9.17, 15) is 4.79 Å². The molecule has 0 unspecified atom stereocenters. The highest BCUT2D eigenvalue weighted by Crippen LogP contribution is 2.23. The molecule has 1 aromatic heterocycles. The number of carboxylic acid groups (broad SMARTS) is 1. The van der Waals surface area contributed by atoms with E-state index in [1.165, 1.54) is 38.3 Å². The molecule has 110 valence electrons. The van der Waals surface area contributed by atoms with Crippen LogP contribution in [0.25, 0.3) is 0 Å². The predicted molar refractivity (Wildman–Crippen MR) is 74.0 cm³/mol. The van der Waals surface area contributed by atoms with Gasteiger partial charge in [0.15, 0.2) is 0 Å². The van der Waals surface area contributed by atoms with Crippen molar-refractivity contribution in [1.29, 1.82) is 0 Å². The summed E-state index contributed by atoms with van der Waals surface area (Å²) in [7, 11) is 0. The zero-order valence-electron chi connectivity index (χ0n) is 11.6. The van der Waals surface area contributed by atoms with Crippen LogP contribution in [-0.4, -0.2) is 29.5 Å². The second kappa shape index (κ2) is 7.85. The Hall–Kier alpha value is -1.62. The molecule has 1 N–H and O–H groups in total. The summed E-state index contributed by atoms with van der Waals surface area (Å²) in [5.74, 6) is 0.841. The molecule has 5 nitrogen and oxygen atoms in total. The minimum Gasteiger partial charge on any atom is -0.449 e. The van der Waals surface area contributed by atoms with Crippen molar-refractivity contribution in [3.63, 3.8) is 0 Å². The smallest absolute Gasteiger partial charge is 0.449 e. The molecule has 0 atom stereocenters. The molecule has 0 spiro atoms. The third kappa shape index (κ3) is 4.81. The maximum Gasteiger partial charge on any atom is 0.512 e. The van der Waals surface area contributed by atoms with E-state index in [1.807, 2.05) is 6.07 Å². The molecule has 1 saturated carbocycles. The van der Waals surface area contributed by atoms with Crippen LogP contribution in [0.15, 0.2) is 18.3 Å². The van der Waals surface area contributed by atoms with Gasteiger partial charge in [0, 0.05) is 24.8 Å². The van der Waals surface area contributed by atoms with Gasteiger partial charge in [0.2, 0.25) is 5.88 Å². The fourth-order valence-corrected chi connectivity index (χ4v) is 2.57. The van der Waals surface area contributed by atoms with Gasteiger partial charge in [-0.1, -0.05) is 25.3 Å². The Bertz CT molecular complexity index is 430. The highest BCUT2D eigenvalue weighted by molar-refractivity contribution is 5.60. The summed E-state index contributed by atoms with van der Waals surface area (Å²) < 4.78 is 10.3. The number of rotatable bonds is 6. The lowest BCUT2D eigenvalue weighted by molar-refractivity contribution is 0.0868. The molecular formula is C15H21NO4. The standard InChI is InChI=1S/C15H21NO4/c17-15(18)20-14-13(7-4-9-16-14)8-10-19-11-12-5-2-1-3-6-12/h4,7,9,12H,1-3,5-6,8,10-11H2,(H,17,18). The summed E-state index contributed by atoms with van der Waals surface area (Å²) in [6.07, 6.45) is 7.30. The van der Waals surface area contributed by atoms with Crippen LogP contribution in [0.5, 0.6) is 5.88 Å². The predicted octanol–water partition coefficient (Wildman–Crippen LogP) is 3.28. The van der Waals surface area contributed by atoms with Gasteiger partial charge < -0.3 is 14.6 Å². The zero-order valence-corrected chi connectivity index (χ0v) is 11.6. The first kappa shape index (κ1) is 14.8. The van der Waals surface area contributed by atoms with Crippen LogP contribution in [0.3, 0.4) is 0 Å². The quantitative estimate of drug-likeness (QED) is 0.639. The molecule has 0 saturated heterocycles. The van der Waals surface area contributed by atoms with Gasteiger partial charge in [0.25, 0.3) is 0 Å². The third-order valence-corrected chi connectivity index (χ3v) is 3.63. The molecule has 0 bridgehead atoms. The Balaban J connectivity index is 1.74. The maximum atomic E-state index is 10.6. The van der Waals surface area contributed by atoms with Crippen molar-refractivity contribution < 1.29 is 19.4 Å². The second-order valence-electron chi connectivity index (χ2n) is 5.16. The Labute approximate surface area is 118 Å². The van der Waals surface area contributed by atoms with E-state index in [4.69, 9.17) is 9.84 Å². The molecule has 2 rings (SSSR count). The molecule has 0 amide bonds. The fraction of sp³-hybridized carbons (Fsp3) is 0.600. The number of hydrogen-bond acceptors (Lipinski definition) is 4. The van der Waals surface area contributed by atoms with E-state index < -0.39 is 6.16 Å². The van der Waals surface area contributed by atoms with Crippen molar-refractivity contribution in [2.75, 3.05) is 13.2 Å². The van der Waals surface area contributed by atoms with E-state index in [0.717, 1.165) is 12.2 Å². The normalized spacial score (nSPS) is 16.0. The lowest BCUT2D eigenvalue weighted by Gasteiger charge is -2.21. The second-order valence-corrected chi connectivity index (χ2v) is 5.16. The van der Waals surface area contributed by atoms with Crippen molar-refractivity contribution in [1.82, 2.24) is 4.98 Å². The van der Waals surface area contributed by atoms with Crippen LogP contribution in [0.2, 0.25) is 0 Å². The zero-order chi connectivity index (χ0) is 14.2. The number of aromatic nitrogens is 1. The van der Waals surface area contributed by atoms with Gasteiger partial charge in [0.05, 0.1) is 6.61 Å². The average molecular weight is 279 g/mol. The van der Waals surface area contributed by atoms with E-state index in [0.29, 0.717) is 18.9 Å². The number of hydrogen-bond donors (Lipinski definition) is 1. The van der Waals surface area contributed by atoms with Crippen LogP contribution in [0.1, 0.15) is 37.7 Å². The summed E-state index contributed by atoms with van der Waals surface area (Å²) in [4.78, 5) is 14.5. The Morgan fingerprint density at radius 3 is 2.90 bits per heavy atom. The van der Waals surface area contributed by atoms with Gasteiger partial charge in [-0.05, 0) is 24.8 Å². The van der Waals surface area contributed by atoms with Gasteiger partial charge >= 0.3 is 6.16 Å². The van der Waals surface area contributed by atoms with Gasteiger partial charge in [-0.25, -0.2) is 9.78 Å². The molecule has 0 radical (unpaired) electrons. The number of ether oxygens (including phenoxy) is 2. The van der Waals surface area contributed by atoms with E-state index in [2.05, 4.69) is 9.72 Å². The first-order valence-corrected chi connectivity index (χ1v) is 7.18. The summed E-state index contributed by atoms with van der Waals surface area (Å²) in [6, 6.07) is 3.58. The highest BCUT2D eigenvalue weighted by Gasteiger charge is 2.13. The Morgan fingerprint density at radius 1 is 1.35 bits per heavy atom. The highest BCUT2D eigenvalue weighted by atomic mass is 16.7. The molecule has 20 heavy (non-hydrogen) atoms. The SMILES string of the molecule is O=C(O)Oc1ncccc1CCOCC1CCCCC1. The molecule has 0 aliphatic heterocycles. The number of nitrogens with zero attached hydrogens (tertiary/aromatic N) is 1. The van der Waals surface area contributed by atoms with Crippen molar-refractivity contribution >= 4 is 6.16 Å². The van der Waals surface area contributed by atoms with Crippen molar-refractivity contribution in [2.24, 2.45) is 5.92 Å².